The third-order valence-corrected chi connectivity index (χ3v) is 5.51. The van der Waals surface area contributed by atoms with Crippen molar-refractivity contribution < 1.29 is 18.3 Å². The normalized spacial score (nSPS) is 14.7. The number of morpholine rings is 1. The molecule has 162 valence electrons. The smallest absolute Gasteiger partial charge is 0.228 e. The summed E-state index contributed by atoms with van der Waals surface area (Å²) >= 11 is 0. The van der Waals surface area contributed by atoms with Gasteiger partial charge < -0.3 is 9.72 Å². The average Bonchev–Trinajstić information content (AvgIpc) is 3.23. The Hall–Kier alpha value is -3.49. The van der Waals surface area contributed by atoms with Gasteiger partial charge in [-0.25, -0.2) is 13.8 Å². The van der Waals surface area contributed by atoms with Gasteiger partial charge in [-0.2, -0.15) is 0 Å². The van der Waals surface area contributed by atoms with E-state index in [2.05, 4.69) is 19.9 Å². The van der Waals surface area contributed by atoms with Crippen molar-refractivity contribution in [3.8, 4) is 11.3 Å². The molecule has 6 nitrogen and oxygen atoms in total. The Morgan fingerprint density at radius 3 is 2.62 bits per heavy atom. The molecule has 0 spiro atoms. The van der Waals surface area contributed by atoms with Crippen LogP contribution in [0, 0.1) is 11.6 Å². The fraction of sp³-hybridized carbons (Fsp3) is 0.208. The van der Waals surface area contributed by atoms with Crippen LogP contribution in [0.3, 0.4) is 0 Å². The maximum Gasteiger partial charge on any atom is 0.228 e. The summed E-state index contributed by atoms with van der Waals surface area (Å²) in [6, 6.07) is 12.3. The molecule has 0 unspecified atom stereocenters. The zero-order valence-electron chi connectivity index (χ0n) is 17.1. The van der Waals surface area contributed by atoms with Crippen LogP contribution in [0.25, 0.3) is 22.3 Å². The molecule has 2 aromatic heterocycles. The molecule has 2 aromatic carbocycles. The van der Waals surface area contributed by atoms with Gasteiger partial charge in [-0.15, -0.1) is 0 Å². The average molecular weight is 434 g/mol. The second kappa shape index (κ2) is 8.57. The van der Waals surface area contributed by atoms with E-state index in [1.54, 1.807) is 0 Å². The number of fused-ring (bicyclic) bond motifs is 1. The predicted octanol–water partition coefficient (Wildman–Crippen LogP) is 3.97. The van der Waals surface area contributed by atoms with E-state index < -0.39 is 11.6 Å². The second-order valence-electron chi connectivity index (χ2n) is 7.68. The van der Waals surface area contributed by atoms with E-state index in [1.165, 1.54) is 24.4 Å². The van der Waals surface area contributed by atoms with Crippen LogP contribution in [0.4, 0.5) is 8.78 Å². The molecule has 1 aliphatic rings. The first kappa shape index (κ1) is 20.4. The first-order valence-electron chi connectivity index (χ1n) is 10.3. The predicted molar refractivity (Wildman–Crippen MR) is 115 cm³/mol. The molecule has 1 N–H and O–H groups in total. The summed E-state index contributed by atoms with van der Waals surface area (Å²) in [5.41, 5.74) is 2.57. The van der Waals surface area contributed by atoms with Gasteiger partial charge in [0, 0.05) is 31.4 Å². The molecule has 1 aliphatic heterocycles. The number of carbonyl (C=O) groups excluding carboxylic acids is 1. The lowest BCUT2D eigenvalue weighted by Gasteiger charge is -2.26. The fourth-order valence-electron chi connectivity index (χ4n) is 3.87. The Balaban J connectivity index is 1.42. The van der Waals surface area contributed by atoms with Crippen LogP contribution in [-0.2, 0) is 11.3 Å². The zero-order chi connectivity index (χ0) is 22.1. The van der Waals surface area contributed by atoms with Crippen LogP contribution in [-0.4, -0.2) is 51.9 Å². The Bertz CT molecular complexity index is 1280. The van der Waals surface area contributed by atoms with Crippen LogP contribution < -0.4 is 0 Å². The van der Waals surface area contributed by atoms with Crippen LogP contribution in [0.15, 0.2) is 54.7 Å². The monoisotopic (exact) mass is 434 g/mol. The van der Waals surface area contributed by atoms with Crippen LogP contribution in [0.1, 0.15) is 21.7 Å². The number of hydrogen-bond donors (Lipinski definition) is 1. The Morgan fingerprint density at radius 1 is 1.06 bits per heavy atom. The summed E-state index contributed by atoms with van der Waals surface area (Å²) in [5.74, 6) is -1.69. The maximum absolute atomic E-state index is 14.1. The molecule has 4 aromatic rings. The van der Waals surface area contributed by atoms with Crippen molar-refractivity contribution >= 4 is 16.8 Å². The van der Waals surface area contributed by atoms with Gasteiger partial charge in [-0.05, 0) is 42.0 Å². The number of nitrogens with zero attached hydrogens (tertiary/aromatic N) is 3. The van der Waals surface area contributed by atoms with Gasteiger partial charge in [-0.1, -0.05) is 12.1 Å². The lowest BCUT2D eigenvalue weighted by molar-refractivity contribution is 0.0342. The van der Waals surface area contributed by atoms with Crippen molar-refractivity contribution in [2.45, 2.75) is 6.54 Å². The van der Waals surface area contributed by atoms with Crippen molar-refractivity contribution in [1.82, 2.24) is 19.9 Å². The van der Waals surface area contributed by atoms with Gasteiger partial charge in [0.05, 0.1) is 35.5 Å². The molecule has 0 aliphatic carbocycles. The van der Waals surface area contributed by atoms with Gasteiger partial charge in [-0.3, -0.25) is 14.7 Å². The van der Waals surface area contributed by atoms with E-state index in [0.717, 1.165) is 56.1 Å². The summed E-state index contributed by atoms with van der Waals surface area (Å²) in [5, 5.41) is 0. The Kier molecular flexibility index (Phi) is 5.46. The number of hydrogen-bond acceptors (Lipinski definition) is 5. The molecule has 0 bridgehead atoms. The highest BCUT2D eigenvalue weighted by atomic mass is 19.1. The lowest BCUT2D eigenvalue weighted by Crippen LogP contribution is -2.35. The molecule has 3 heterocycles. The maximum atomic E-state index is 14.1. The second-order valence-corrected chi connectivity index (χ2v) is 7.68. The number of halogens is 2. The standard InChI is InChI=1S/C24H20F2N4O2/c25-17-2-1-3-18(26)22(17)21-13-16(6-7-27-21)23(31)24-28-19-5-4-15(12-20(19)29-24)14-30-8-10-32-11-9-30/h1-7,12-13H,8-11,14H2,(H,28,29). The number of pyridine rings is 1. The molecule has 8 heteroatoms. The topological polar surface area (TPSA) is 71.1 Å². The molecular weight excluding hydrogens is 414 g/mol. The van der Waals surface area contributed by atoms with E-state index in [4.69, 9.17) is 4.74 Å². The summed E-state index contributed by atoms with van der Waals surface area (Å²) in [6.07, 6.45) is 1.36. The molecular formula is C24H20F2N4O2. The number of H-pyrrole nitrogens is 1. The number of benzene rings is 2. The molecule has 0 atom stereocenters. The van der Waals surface area contributed by atoms with E-state index in [-0.39, 0.29) is 28.4 Å². The lowest BCUT2D eigenvalue weighted by atomic mass is 10.1. The van der Waals surface area contributed by atoms with Crippen molar-refractivity contribution in [3.05, 3.63) is 83.3 Å². The van der Waals surface area contributed by atoms with E-state index in [0.29, 0.717) is 5.52 Å². The molecule has 0 radical (unpaired) electrons. The van der Waals surface area contributed by atoms with Crippen LogP contribution in [0.5, 0.6) is 0 Å². The fourth-order valence-corrected chi connectivity index (χ4v) is 3.87. The summed E-state index contributed by atoms with van der Waals surface area (Å²) in [7, 11) is 0. The highest BCUT2D eigenvalue weighted by molar-refractivity contribution is 6.08. The zero-order valence-corrected chi connectivity index (χ0v) is 17.1. The third kappa shape index (κ3) is 4.02. The number of carbonyl (C=O) groups is 1. The number of imidazole rings is 1. The first-order valence-corrected chi connectivity index (χ1v) is 10.3. The SMILES string of the molecule is O=C(c1ccnc(-c2c(F)cccc2F)c1)c1nc2ccc(CN3CCOCC3)cc2[nH]1. The third-order valence-electron chi connectivity index (χ3n) is 5.51. The van der Waals surface area contributed by atoms with Crippen molar-refractivity contribution in [3.63, 3.8) is 0 Å². The highest BCUT2D eigenvalue weighted by Gasteiger charge is 2.18. The number of ketones is 1. The van der Waals surface area contributed by atoms with Crippen molar-refractivity contribution in [2.75, 3.05) is 26.3 Å². The molecule has 0 saturated carbocycles. The van der Waals surface area contributed by atoms with Gasteiger partial charge in [0.15, 0.2) is 5.82 Å². The highest BCUT2D eigenvalue weighted by Crippen LogP contribution is 2.25. The van der Waals surface area contributed by atoms with Crippen LogP contribution >= 0.6 is 0 Å². The van der Waals surface area contributed by atoms with Gasteiger partial charge in [0.25, 0.3) is 0 Å². The number of aromatic amines is 1. The van der Waals surface area contributed by atoms with E-state index in [1.807, 2.05) is 18.2 Å². The minimum Gasteiger partial charge on any atom is -0.379 e. The minimum atomic E-state index is -0.737. The van der Waals surface area contributed by atoms with E-state index in [9.17, 15) is 13.6 Å². The Labute approximate surface area is 182 Å². The number of aromatic nitrogens is 3. The molecule has 5 rings (SSSR count). The largest absolute Gasteiger partial charge is 0.379 e. The van der Waals surface area contributed by atoms with Gasteiger partial charge >= 0.3 is 0 Å². The number of ether oxygens (including phenoxy) is 1. The first-order chi connectivity index (χ1) is 15.6. The number of nitrogens with one attached hydrogen (secondary N) is 1. The Morgan fingerprint density at radius 2 is 1.84 bits per heavy atom. The van der Waals surface area contributed by atoms with Crippen molar-refractivity contribution in [2.24, 2.45) is 0 Å². The van der Waals surface area contributed by atoms with Crippen LogP contribution in [0.2, 0.25) is 0 Å². The summed E-state index contributed by atoms with van der Waals surface area (Å²) in [4.78, 5) is 26.9. The molecule has 1 saturated heterocycles. The summed E-state index contributed by atoms with van der Waals surface area (Å²) < 4.78 is 33.7. The minimum absolute atomic E-state index is 0.0513. The summed E-state index contributed by atoms with van der Waals surface area (Å²) in [6.45, 7) is 4.03. The number of rotatable bonds is 5. The molecule has 1 fully saturated rings. The molecule has 32 heavy (non-hydrogen) atoms. The quantitative estimate of drug-likeness (QED) is 0.482. The molecule has 0 amide bonds. The van der Waals surface area contributed by atoms with Gasteiger partial charge in [0.1, 0.15) is 11.6 Å². The van der Waals surface area contributed by atoms with Crippen molar-refractivity contribution in [1.29, 1.82) is 0 Å². The van der Waals surface area contributed by atoms with E-state index >= 15 is 0 Å². The van der Waals surface area contributed by atoms with Gasteiger partial charge in [0.2, 0.25) is 5.78 Å².